The summed E-state index contributed by atoms with van der Waals surface area (Å²) in [7, 11) is 0. The van der Waals surface area contributed by atoms with Gasteiger partial charge in [-0.1, -0.05) is 0 Å². The van der Waals surface area contributed by atoms with Crippen LogP contribution in [0.4, 0.5) is 0 Å². The Hall–Kier alpha value is -4.82. The summed E-state index contributed by atoms with van der Waals surface area (Å²) in [6, 6.07) is 47.9. The summed E-state index contributed by atoms with van der Waals surface area (Å²) in [4.78, 5) is 10.3. The molecule has 0 aliphatic rings. The minimum absolute atomic E-state index is 0.268. The van der Waals surface area contributed by atoms with Crippen LogP contribution in [0.15, 0.2) is 133 Å². The maximum atomic E-state index is 5.20. The Morgan fingerprint density at radius 2 is 0.951 bits per heavy atom. The molecular weight excluding hydrogens is 563 g/mol. The molecule has 190 valence electrons. The third-order valence-electron chi connectivity index (χ3n) is 8.23. The second-order valence-corrected chi connectivity index (χ2v) is 12.8. The molecular formula is C38H22N2Se. The summed E-state index contributed by atoms with van der Waals surface area (Å²) in [6.07, 6.45) is 0. The zero-order valence-electron chi connectivity index (χ0n) is 22.0. The molecule has 3 heteroatoms. The molecule has 0 aliphatic carbocycles. The molecule has 0 spiro atoms. The molecule has 0 amide bonds. The third-order valence-corrected chi connectivity index (χ3v) is 10.8. The van der Waals surface area contributed by atoms with Crippen molar-refractivity contribution in [2.24, 2.45) is 0 Å². The van der Waals surface area contributed by atoms with Crippen LogP contribution >= 0.6 is 0 Å². The van der Waals surface area contributed by atoms with Crippen LogP contribution in [0.2, 0.25) is 0 Å². The summed E-state index contributed by atoms with van der Waals surface area (Å²) in [6.45, 7) is 0. The van der Waals surface area contributed by atoms with Gasteiger partial charge >= 0.3 is 243 Å². The zero-order valence-corrected chi connectivity index (χ0v) is 23.7. The molecule has 0 N–H and O–H groups in total. The third kappa shape index (κ3) is 3.44. The fourth-order valence-electron chi connectivity index (χ4n) is 6.36. The number of benzene rings is 7. The van der Waals surface area contributed by atoms with Crippen molar-refractivity contribution in [3.8, 4) is 22.5 Å². The Labute approximate surface area is 242 Å². The molecule has 7 aromatic carbocycles. The first-order valence-electron chi connectivity index (χ1n) is 13.8. The van der Waals surface area contributed by atoms with E-state index < -0.39 is 0 Å². The average molecular weight is 586 g/mol. The summed E-state index contributed by atoms with van der Waals surface area (Å²) in [5.41, 5.74) is 5.79. The van der Waals surface area contributed by atoms with Crippen LogP contribution in [0.3, 0.4) is 0 Å². The Bertz CT molecular complexity index is 2470. The summed E-state index contributed by atoms with van der Waals surface area (Å²) >= 11 is 0.268. The number of para-hydroxylation sites is 2. The van der Waals surface area contributed by atoms with Gasteiger partial charge in [-0.25, -0.2) is 0 Å². The topological polar surface area (TPSA) is 25.8 Å². The van der Waals surface area contributed by atoms with E-state index in [0.717, 1.165) is 33.5 Å². The second-order valence-electron chi connectivity index (χ2n) is 10.5. The number of hydrogen-bond acceptors (Lipinski definition) is 2. The molecule has 0 unspecified atom stereocenters. The van der Waals surface area contributed by atoms with E-state index in [1.165, 1.54) is 51.6 Å². The van der Waals surface area contributed by atoms with Crippen LogP contribution in [-0.4, -0.2) is 24.5 Å². The molecule has 2 aromatic heterocycles. The van der Waals surface area contributed by atoms with E-state index in [0.29, 0.717) is 0 Å². The Morgan fingerprint density at radius 1 is 0.390 bits per heavy atom. The van der Waals surface area contributed by atoms with Crippen molar-refractivity contribution in [2.75, 3.05) is 0 Å². The van der Waals surface area contributed by atoms with Crippen molar-refractivity contribution in [3.05, 3.63) is 133 Å². The number of aromatic nitrogens is 2. The van der Waals surface area contributed by atoms with Crippen LogP contribution in [0.5, 0.6) is 0 Å². The normalized spacial score (nSPS) is 11.9. The number of fused-ring (bicyclic) bond motifs is 11. The molecule has 0 saturated heterocycles. The van der Waals surface area contributed by atoms with Crippen molar-refractivity contribution in [2.45, 2.75) is 0 Å². The predicted molar refractivity (Wildman–Crippen MR) is 175 cm³/mol. The van der Waals surface area contributed by atoms with Crippen molar-refractivity contribution in [1.29, 1.82) is 0 Å². The van der Waals surface area contributed by atoms with E-state index in [4.69, 9.17) is 9.97 Å². The molecule has 9 aromatic rings. The van der Waals surface area contributed by atoms with Gasteiger partial charge in [-0.3, -0.25) is 0 Å². The predicted octanol–water partition coefficient (Wildman–Crippen LogP) is 9.79. The summed E-state index contributed by atoms with van der Waals surface area (Å²) < 4.78 is 2.97. The fraction of sp³-hybridized carbons (Fsp3) is 0. The van der Waals surface area contributed by atoms with Gasteiger partial charge in [0, 0.05) is 0 Å². The average Bonchev–Trinajstić information content (AvgIpc) is 3.43. The molecule has 2 nitrogen and oxygen atoms in total. The second kappa shape index (κ2) is 8.84. The van der Waals surface area contributed by atoms with Crippen molar-refractivity contribution in [1.82, 2.24) is 9.97 Å². The van der Waals surface area contributed by atoms with Crippen molar-refractivity contribution in [3.63, 3.8) is 0 Å². The molecule has 2 heterocycles. The van der Waals surface area contributed by atoms with Crippen LogP contribution in [0, 0.1) is 0 Å². The molecule has 0 aliphatic heterocycles. The van der Waals surface area contributed by atoms with E-state index in [-0.39, 0.29) is 14.5 Å². The van der Waals surface area contributed by atoms with Crippen molar-refractivity contribution < 1.29 is 0 Å². The van der Waals surface area contributed by atoms with Gasteiger partial charge < -0.3 is 0 Å². The first-order chi connectivity index (χ1) is 20.3. The monoisotopic (exact) mass is 586 g/mol. The van der Waals surface area contributed by atoms with E-state index in [2.05, 4.69) is 103 Å². The van der Waals surface area contributed by atoms with Crippen LogP contribution in [0.1, 0.15) is 0 Å². The quantitative estimate of drug-likeness (QED) is 0.149. The first kappa shape index (κ1) is 22.9. The van der Waals surface area contributed by atoms with Crippen LogP contribution in [0.25, 0.3) is 85.2 Å². The van der Waals surface area contributed by atoms with Gasteiger partial charge in [0.15, 0.2) is 0 Å². The number of hydrogen-bond donors (Lipinski definition) is 0. The fourth-order valence-corrected chi connectivity index (χ4v) is 9.02. The van der Waals surface area contributed by atoms with E-state index in [9.17, 15) is 0 Å². The van der Waals surface area contributed by atoms with E-state index in [1.807, 2.05) is 30.3 Å². The zero-order chi connectivity index (χ0) is 26.9. The van der Waals surface area contributed by atoms with Gasteiger partial charge in [0.25, 0.3) is 0 Å². The Morgan fingerprint density at radius 3 is 1.73 bits per heavy atom. The van der Waals surface area contributed by atoms with Crippen molar-refractivity contribution >= 4 is 77.1 Å². The van der Waals surface area contributed by atoms with Gasteiger partial charge in [0.1, 0.15) is 0 Å². The van der Waals surface area contributed by atoms with E-state index in [1.54, 1.807) is 0 Å². The number of rotatable bonds is 2. The molecule has 0 bridgehead atoms. The summed E-state index contributed by atoms with van der Waals surface area (Å²) in [5, 5.41) is 10.7. The molecule has 41 heavy (non-hydrogen) atoms. The molecule has 0 saturated carbocycles. The molecule has 9 rings (SSSR count). The SMILES string of the molecule is c1ccc(-c2nc3ccccc3nc2-c2ccc3c(c2)c2ccccc2c2ccc4c5ccccc5[se]c4c23)cc1. The minimum atomic E-state index is 0.268. The first-order valence-corrected chi connectivity index (χ1v) is 15.6. The van der Waals surface area contributed by atoms with Gasteiger partial charge in [0.2, 0.25) is 0 Å². The van der Waals surface area contributed by atoms with Crippen LogP contribution in [-0.2, 0) is 0 Å². The standard InChI is InChI=1S/C38H22N2Se/c1-2-10-23(11-3-1)36-37(40-33-16-8-7-15-32(33)39-36)24-18-19-29-31(22-24)26-13-5-4-12-25(26)28-20-21-30-27-14-6-9-17-34(27)41-38(30)35(28)29/h1-22H. The van der Waals surface area contributed by atoms with Gasteiger partial charge in [-0.15, -0.1) is 0 Å². The Kier molecular flexibility index (Phi) is 4.95. The molecule has 0 fully saturated rings. The number of nitrogens with zero attached hydrogens (tertiary/aromatic N) is 2. The van der Waals surface area contributed by atoms with Gasteiger partial charge in [0.05, 0.1) is 0 Å². The van der Waals surface area contributed by atoms with E-state index >= 15 is 0 Å². The van der Waals surface area contributed by atoms with Gasteiger partial charge in [-0.05, 0) is 0 Å². The summed E-state index contributed by atoms with van der Waals surface area (Å²) in [5.74, 6) is 0. The van der Waals surface area contributed by atoms with Gasteiger partial charge in [-0.2, -0.15) is 0 Å². The Balaban J connectivity index is 1.41. The van der Waals surface area contributed by atoms with Crippen LogP contribution < -0.4 is 0 Å². The maximum absolute atomic E-state index is 5.20. The molecule has 0 radical (unpaired) electrons. The molecule has 0 atom stereocenters.